The number of hydrogen-bond donors (Lipinski definition) is 1. The summed E-state index contributed by atoms with van der Waals surface area (Å²) in [5, 5.41) is 3.43. The average Bonchev–Trinajstić information content (AvgIpc) is 2.63. The van der Waals surface area contributed by atoms with Crippen LogP contribution in [0.2, 0.25) is 0 Å². The Labute approximate surface area is 87.4 Å². The molecule has 2 atom stereocenters. The highest BCUT2D eigenvalue weighted by atomic mass is 16.5. The average molecular weight is 197 g/mol. The molecule has 0 radical (unpaired) electrons. The quantitative estimate of drug-likeness (QED) is 0.732. The van der Waals surface area contributed by atoms with Gasteiger partial charge < -0.3 is 10.1 Å². The summed E-state index contributed by atoms with van der Waals surface area (Å²) in [5.74, 6) is 0.912. The molecule has 1 saturated heterocycles. The molecule has 1 saturated carbocycles. The van der Waals surface area contributed by atoms with Crippen molar-refractivity contribution in [3.63, 3.8) is 0 Å². The third-order valence-electron chi connectivity index (χ3n) is 4.39. The number of nitrogens with one attached hydrogen (secondary N) is 1. The highest BCUT2D eigenvalue weighted by Crippen LogP contribution is 2.47. The molecule has 1 aliphatic heterocycles. The van der Waals surface area contributed by atoms with Gasteiger partial charge in [0.25, 0.3) is 0 Å². The van der Waals surface area contributed by atoms with Crippen molar-refractivity contribution in [1.82, 2.24) is 5.32 Å². The van der Waals surface area contributed by atoms with Gasteiger partial charge in [-0.15, -0.1) is 0 Å². The summed E-state index contributed by atoms with van der Waals surface area (Å²) < 4.78 is 5.44. The van der Waals surface area contributed by atoms with E-state index in [4.69, 9.17) is 4.74 Å². The molecule has 0 aromatic heterocycles. The summed E-state index contributed by atoms with van der Waals surface area (Å²) in [6.07, 6.45) is 6.71. The minimum Gasteiger partial charge on any atom is -0.381 e. The fraction of sp³-hybridized carbons (Fsp3) is 1.00. The Bertz CT molecular complexity index is 189. The van der Waals surface area contributed by atoms with Crippen LogP contribution in [0, 0.1) is 11.3 Å². The van der Waals surface area contributed by atoms with Crippen molar-refractivity contribution in [3.8, 4) is 0 Å². The molecular weight excluding hydrogens is 174 g/mol. The third kappa shape index (κ3) is 1.96. The van der Waals surface area contributed by atoms with Crippen molar-refractivity contribution in [2.45, 2.75) is 45.1 Å². The molecule has 0 spiro atoms. The van der Waals surface area contributed by atoms with Crippen LogP contribution in [0.15, 0.2) is 0 Å². The van der Waals surface area contributed by atoms with Gasteiger partial charge in [-0.25, -0.2) is 0 Å². The molecule has 2 aliphatic rings. The number of hydrogen-bond acceptors (Lipinski definition) is 2. The van der Waals surface area contributed by atoms with E-state index in [1.807, 2.05) is 0 Å². The monoisotopic (exact) mass is 197 g/mol. The van der Waals surface area contributed by atoms with Crippen molar-refractivity contribution in [2.75, 3.05) is 20.3 Å². The van der Waals surface area contributed by atoms with Crippen LogP contribution in [0.3, 0.4) is 0 Å². The van der Waals surface area contributed by atoms with E-state index in [0.717, 1.165) is 25.2 Å². The number of rotatable bonds is 2. The standard InChI is InChI=1S/C12H23NO/c1-12(6-3-11(9-12)13-2)10-4-7-14-8-5-10/h10-11,13H,3-9H2,1-2H3. The van der Waals surface area contributed by atoms with Gasteiger partial charge in [-0.3, -0.25) is 0 Å². The van der Waals surface area contributed by atoms with E-state index in [-0.39, 0.29) is 0 Å². The maximum atomic E-state index is 5.44. The second-order valence-electron chi connectivity index (χ2n) is 5.27. The van der Waals surface area contributed by atoms with Gasteiger partial charge in [0.15, 0.2) is 0 Å². The summed E-state index contributed by atoms with van der Waals surface area (Å²) in [4.78, 5) is 0. The molecule has 0 amide bonds. The Balaban J connectivity index is 1.94. The van der Waals surface area contributed by atoms with Crippen molar-refractivity contribution in [3.05, 3.63) is 0 Å². The van der Waals surface area contributed by atoms with E-state index >= 15 is 0 Å². The first kappa shape index (κ1) is 10.4. The Morgan fingerprint density at radius 2 is 1.93 bits per heavy atom. The molecule has 2 unspecified atom stereocenters. The maximum Gasteiger partial charge on any atom is 0.0468 e. The summed E-state index contributed by atoms with van der Waals surface area (Å²) in [5.41, 5.74) is 0.595. The highest BCUT2D eigenvalue weighted by Gasteiger charge is 2.40. The van der Waals surface area contributed by atoms with Crippen molar-refractivity contribution < 1.29 is 4.74 Å². The third-order valence-corrected chi connectivity index (χ3v) is 4.39. The van der Waals surface area contributed by atoms with Crippen LogP contribution >= 0.6 is 0 Å². The van der Waals surface area contributed by atoms with Crippen LogP contribution in [0.4, 0.5) is 0 Å². The molecule has 2 rings (SSSR count). The lowest BCUT2D eigenvalue weighted by Crippen LogP contribution is -2.32. The largest absolute Gasteiger partial charge is 0.381 e. The lowest BCUT2D eigenvalue weighted by molar-refractivity contribution is 0.0178. The lowest BCUT2D eigenvalue weighted by atomic mass is 9.72. The minimum absolute atomic E-state index is 0.595. The molecule has 0 bridgehead atoms. The summed E-state index contributed by atoms with van der Waals surface area (Å²) in [7, 11) is 2.10. The fourth-order valence-electron chi connectivity index (χ4n) is 3.28. The van der Waals surface area contributed by atoms with E-state index in [1.54, 1.807) is 0 Å². The molecule has 2 heteroatoms. The van der Waals surface area contributed by atoms with Gasteiger partial charge >= 0.3 is 0 Å². The maximum absolute atomic E-state index is 5.44. The van der Waals surface area contributed by atoms with Gasteiger partial charge in [0.2, 0.25) is 0 Å². The number of ether oxygens (including phenoxy) is 1. The van der Waals surface area contributed by atoms with Crippen molar-refractivity contribution in [1.29, 1.82) is 0 Å². The van der Waals surface area contributed by atoms with E-state index in [2.05, 4.69) is 19.3 Å². The van der Waals surface area contributed by atoms with Gasteiger partial charge in [0.05, 0.1) is 0 Å². The predicted octanol–water partition coefficient (Wildman–Crippen LogP) is 2.19. The van der Waals surface area contributed by atoms with Gasteiger partial charge in [-0.05, 0) is 50.5 Å². The van der Waals surface area contributed by atoms with Gasteiger partial charge in [-0.1, -0.05) is 6.92 Å². The Morgan fingerprint density at radius 1 is 1.21 bits per heavy atom. The summed E-state index contributed by atoms with van der Waals surface area (Å²) in [6, 6.07) is 0.767. The van der Waals surface area contributed by atoms with Crippen molar-refractivity contribution >= 4 is 0 Å². The van der Waals surface area contributed by atoms with E-state index < -0.39 is 0 Å². The van der Waals surface area contributed by atoms with E-state index in [1.165, 1.54) is 32.1 Å². The molecule has 0 aromatic carbocycles. The first-order chi connectivity index (χ1) is 6.74. The first-order valence-corrected chi connectivity index (χ1v) is 5.99. The Morgan fingerprint density at radius 3 is 2.50 bits per heavy atom. The topological polar surface area (TPSA) is 21.3 Å². The Hall–Kier alpha value is -0.0800. The van der Waals surface area contributed by atoms with Crippen LogP contribution in [-0.4, -0.2) is 26.3 Å². The van der Waals surface area contributed by atoms with E-state index in [9.17, 15) is 0 Å². The molecule has 1 N–H and O–H groups in total. The Kier molecular flexibility index (Phi) is 3.13. The SMILES string of the molecule is CNC1CCC(C)(C2CCOCC2)C1. The zero-order valence-corrected chi connectivity index (χ0v) is 9.51. The molecule has 0 aromatic rings. The fourth-order valence-corrected chi connectivity index (χ4v) is 3.28. The predicted molar refractivity (Wildman–Crippen MR) is 58.3 cm³/mol. The van der Waals surface area contributed by atoms with Crippen LogP contribution in [0.5, 0.6) is 0 Å². The molecule has 2 fully saturated rings. The van der Waals surface area contributed by atoms with Gasteiger partial charge in [-0.2, -0.15) is 0 Å². The molecule has 14 heavy (non-hydrogen) atoms. The molecule has 2 nitrogen and oxygen atoms in total. The smallest absolute Gasteiger partial charge is 0.0468 e. The van der Waals surface area contributed by atoms with Gasteiger partial charge in [0, 0.05) is 19.3 Å². The lowest BCUT2D eigenvalue weighted by Gasteiger charge is -2.37. The second-order valence-corrected chi connectivity index (χ2v) is 5.27. The normalized spacial score (nSPS) is 40.3. The molecular formula is C12H23NO. The molecule has 82 valence electrons. The van der Waals surface area contributed by atoms with Crippen LogP contribution in [0.1, 0.15) is 39.0 Å². The summed E-state index contributed by atoms with van der Waals surface area (Å²) in [6.45, 7) is 4.47. The molecule has 1 heterocycles. The van der Waals surface area contributed by atoms with Gasteiger partial charge in [0.1, 0.15) is 0 Å². The zero-order valence-electron chi connectivity index (χ0n) is 9.51. The molecule has 1 aliphatic carbocycles. The van der Waals surface area contributed by atoms with Crippen LogP contribution < -0.4 is 5.32 Å². The van der Waals surface area contributed by atoms with E-state index in [0.29, 0.717) is 5.41 Å². The van der Waals surface area contributed by atoms with Crippen molar-refractivity contribution in [2.24, 2.45) is 11.3 Å². The minimum atomic E-state index is 0.595. The highest BCUT2D eigenvalue weighted by molar-refractivity contribution is 4.93. The van der Waals surface area contributed by atoms with Crippen LogP contribution in [-0.2, 0) is 4.74 Å². The zero-order chi connectivity index (χ0) is 10.0. The van der Waals surface area contributed by atoms with Crippen LogP contribution in [0.25, 0.3) is 0 Å². The summed E-state index contributed by atoms with van der Waals surface area (Å²) >= 11 is 0. The second kappa shape index (κ2) is 4.19. The first-order valence-electron chi connectivity index (χ1n) is 5.99.